The van der Waals surface area contributed by atoms with E-state index in [1.165, 1.54) is 41.7 Å². The van der Waals surface area contributed by atoms with E-state index in [4.69, 9.17) is 9.54 Å². The standard InChI is InChI=1S/C20H21N3.C6H13NO3S/c1-2-6-16-15(5-1)13-23-18-8-4-3-7-17(18)22-20(23)19(16)14-9-11-21-12-10-14;8-11(9,10)7-6-4-2-1-3-5-6/h1-8,14,19,21H,9-13H2;6-7H,1-5H2,(H,8,9,10). The molecular formula is C26H34N4O3S. The topological polar surface area (TPSA) is 96.3 Å². The number of aromatic nitrogens is 2. The summed E-state index contributed by atoms with van der Waals surface area (Å²) in [6.07, 6.45) is 7.44. The highest BCUT2D eigenvalue weighted by molar-refractivity contribution is 7.83. The number of fused-ring (bicyclic) bond motifs is 4. The molecular weight excluding hydrogens is 448 g/mol. The molecule has 6 rings (SSSR count). The Morgan fingerprint density at radius 1 is 0.941 bits per heavy atom. The molecule has 0 spiro atoms. The SMILES string of the molecule is O=S(=O)(O)NC1CCCCC1.c1ccc2c(c1)Cn1c(nc3ccccc31)C2C1CCNCC1. The average Bonchev–Trinajstić information content (AvgIpc) is 3.21. The van der Waals surface area contributed by atoms with E-state index in [0.29, 0.717) is 11.8 Å². The predicted molar refractivity (Wildman–Crippen MR) is 134 cm³/mol. The molecule has 1 unspecified atom stereocenters. The van der Waals surface area contributed by atoms with Crippen LogP contribution in [0.2, 0.25) is 0 Å². The molecule has 34 heavy (non-hydrogen) atoms. The fraction of sp³-hybridized carbons (Fsp3) is 0.500. The lowest BCUT2D eigenvalue weighted by molar-refractivity contribution is 0.326. The molecule has 2 fully saturated rings. The Labute approximate surface area is 201 Å². The van der Waals surface area contributed by atoms with Crippen LogP contribution in [0.3, 0.4) is 0 Å². The van der Waals surface area contributed by atoms with Gasteiger partial charge in [-0.1, -0.05) is 55.7 Å². The van der Waals surface area contributed by atoms with E-state index >= 15 is 0 Å². The van der Waals surface area contributed by atoms with Gasteiger partial charge in [-0.05, 0) is 68.0 Å². The molecule has 1 atom stereocenters. The van der Waals surface area contributed by atoms with Crippen LogP contribution in [0.4, 0.5) is 0 Å². The Kier molecular flexibility index (Phi) is 7.01. The zero-order valence-electron chi connectivity index (χ0n) is 19.5. The van der Waals surface area contributed by atoms with Crippen molar-refractivity contribution in [2.75, 3.05) is 13.1 Å². The minimum absolute atomic E-state index is 0.0428. The lowest BCUT2D eigenvalue weighted by atomic mass is 9.77. The number of rotatable bonds is 3. The van der Waals surface area contributed by atoms with E-state index in [0.717, 1.165) is 50.8 Å². The number of piperidine rings is 1. The summed E-state index contributed by atoms with van der Waals surface area (Å²) in [7, 11) is -3.97. The average molecular weight is 483 g/mol. The van der Waals surface area contributed by atoms with Gasteiger partial charge in [0.05, 0.1) is 11.0 Å². The molecule has 8 heteroatoms. The Morgan fingerprint density at radius 2 is 1.65 bits per heavy atom. The normalized spacial score (nSPS) is 21.4. The first kappa shape index (κ1) is 23.5. The summed E-state index contributed by atoms with van der Waals surface area (Å²) in [6.45, 7) is 3.21. The fourth-order valence-electron chi connectivity index (χ4n) is 5.86. The molecule has 7 nitrogen and oxygen atoms in total. The number of hydrogen-bond donors (Lipinski definition) is 3. The molecule has 0 radical (unpaired) electrons. The summed E-state index contributed by atoms with van der Waals surface area (Å²) in [5.74, 6) is 2.40. The first-order valence-electron chi connectivity index (χ1n) is 12.5. The third-order valence-corrected chi connectivity index (χ3v) is 8.09. The van der Waals surface area contributed by atoms with Crippen LogP contribution in [0.25, 0.3) is 11.0 Å². The van der Waals surface area contributed by atoms with Crippen LogP contribution >= 0.6 is 0 Å². The molecule has 3 N–H and O–H groups in total. The molecule has 182 valence electrons. The van der Waals surface area contributed by atoms with E-state index in [2.05, 4.69) is 63.1 Å². The maximum Gasteiger partial charge on any atom is 0.333 e. The van der Waals surface area contributed by atoms with E-state index in [9.17, 15) is 8.42 Å². The second kappa shape index (κ2) is 10.2. The third-order valence-electron chi connectivity index (χ3n) is 7.46. The lowest BCUT2D eigenvalue weighted by Gasteiger charge is -2.35. The summed E-state index contributed by atoms with van der Waals surface area (Å²) in [4.78, 5) is 5.05. The van der Waals surface area contributed by atoms with Gasteiger partial charge < -0.3 is 9.88 Å². The smallest absolute Gasteiger partial charge is 0.323 e. The Balaban J connectivity index is 0.000000186. The van der Waals surface area contributed by atoms with Crippen molar-refractivity contribution in [2.45, 2.75) is 63.5 Å². The van der Waals surface area contributed by atoms with Gasteiger partial charge in [0.15, 0.2) is 0 Å². The van der Waals surface area contributed by atoms with Crippen molar-refractivity contribution in [2.24, 2.45) is 5.92 Å². The summed E-state index contributed by atoms with van der Waals surface area (Å²) in [5.41, 5.74) is 5.37. The van der Waals surface area contributed by atoms with Crippen LogP contribution in [0.5, 0.6) is 0 Å². The molecule has 1 saturated carbocycles. The molecule has 3 heterocycles. The van der Waals surface area contributed by atoms with Crippen molar-refractivity contribution >= 4 is 21.3 Å². The van der Waals surface area contributed by atoms with Gasteiger partial charge in [-0.3, -0.25) is 4.55 Å². The van der Waals surface area contributed by atoms with Crippen LogP contribution in [0, 0.1) is 5.92 Å². The molecule has 3 aromatic rings. The van der Waals surface area contributed by atoms with Crippen molar-refractivity contribution in [1.82, 2.24) is 19.6 Å². The van der Waals surface area contributed by atoms with E-state index in [1.54, 1.807) is 0 Å². The van der Waals surface area contributed by atoms with Crippen molar-refractivity contribution in [1.29, 1.82) is 0 Å². The van der Waals surface area contributed by atoms with E-state index in [1.807, 2.05) is 0 Å². The van der Waals surface area contributed by atoms with Gasteiger partial charge in [-0.2, -0.15) is 13.1 Å². The molecule has 2 aromatic carbocycles. The van der Waals surface area contributed by atoms with Crippen LogP contribution in [0.15, 0.2) is 48.5 Å². The van der Waals surface area contributed by atoms with Crippen LogP contribution in [-0.2, 0) is 16.8 Å². The van der Waals surface area contributed by atoms with Crippen molar-refractivity contribution in [3.8, 4) is 0 Å². The lowest BCUT2D eigenvalue weighted by Crippen LogP contribution is -2.35. The maximum absolute atomic E-state index is 10.3. The molecule has 1 saturated heterocycles. The van der Waals surface area contributed by atoms with Gasteiger partial charge in [-0.15, -0.1) is 0 Å². The second-order valence-corrected chi connectivity index (χ2v) is 10.9. The summed E-state index contributed by atoms with van der Waals surface area (Å²) in [5, 5.41) is 3.50. The molecule has 0 amide bonds. The molecule has 3 aliphatic rings. The second-order valence-electron chi connectivity index (χ2n) is 9.74. The van der Waals surface area contributed by atoms with E-state index in [-0.39, 0.29) is 6.04 Å². The summed E-state index contributed by atoms with van der Waals surface area (Å²) < 4.78 is 33.8. The quantitative estimate of drug-likeness (QED) is 0.485. The monoisotopic (exact) mass is 482 g/mol. The van der Waals surface area contributed by atoms with Crippen LogP contribution in [0.1, 0.15) is 67.8 Å². The van der Waals surface area contributed by atoms with Crippen molar-refractivity contribution in [3.05, 3.63) is 65.5 Å². The fourth-order valence-corrected chi connectivity index (χ4v) is 6.52. The van der Waals surface area contributed by atoms with Crippen molar-refractivity contribution < 1.29 is 13.0 Å². The minimum Gasteiger partial charge on any atom is -0.323 e. The first-order chi connectivity index (χ1) is 16.5. The van der Waals surface area contributed by atoms with E-state index < -0.39 is 10.3 Å². The summed E-state index contributed by atoms with van der Waals surface area (Å²) in [6, 6.07) is 17.5. The zero-order valence-corrected chi connectivity index (χ0v) is 20.3. The molecule has 1 aliphatic carbocycles. The highest BCUT2D eigenvalue weighted by atomic mass is 32.2. The summed E-state index contributed by atoms with van der Waals surface area (Å²) >= 11 is 0. The molecule has 2 aliphatic heterocycles. The molecule has 0 bridgehead atoms. The third kappa shape index (κ3) is 5.20. The van der Waals surface area contributed by atoms with Gasteiger partial charge in [-0.25, -0.2) is 4.98 Å². The van der Waals surface area contributed by atoms with Gasteiger partial charge in [0, 0.05) is 18.5 Å². The first-order valence-corrected chi connectivity index (χ1v) is 13.9. The number of imidazole rings is 1. The highest BCUT2D eigenvalue weighted by Gasteiger charge is 2.34. The largest absolute Gasteiger partial charge is 0.333 e. The number of nitrogens with one attached hydrogen (secondary N) is 2. The van der Waals surface area contributed by atoms with Crippen LogP contribution in [-0.4, -0.2) is 41.7 Å². The zero-order chi connectivity index (χ0) is 23.5. The van der Waals surface area contributed by atoms with Crippen LogP contribution < -0.4 is 10.0 Å². The van der Waals surface area contributed by atoms with Gasteiger partial charge >= 0.3 is 10.3 Å². The number of hydrogen-bond acceptors (Lipinski definition) is 4. The Hall–Kier alpha value is -2.26. The maximum atomic E-state index is 10.3. The number of benzene rings is 2. The molecule has 1 aromatic heterocycles. The number of para-hydroxylation sites is 2. The minimum atomic E-state index is -3.97. The van der Waals surface area contributed by atoms with Gasteiger partial charge in [0.1, 0.15) is 5.82 Å². The highest BCUT2D eigenvalue weighted by Crippen LogP contribution is 2.42. The predicted octanol–water partition coefficient (Wildman–Crippen LogP) is 4.24. The van der Waals surface area contributed by atoms with Gasteiger partial charge in [0.2, 0.25) is 0 Å². The number of nitrogens with zero attached hydrogens (tertiary/aromatic N) is 2. The Bertz CT molecular complexity index is 1230. The van der Waals surface area contributed by atoms with Crippen molar-refractivity contribution in [3.63, 3.8) is 0 Å². The Morgan fingerprint density at radius 3 is 2.41 bits per heavy atom. The van der Waals surface area contributed by atoms with Gasteiger partial charge in [0.25, 0.3) is 0 Å².